The van der Waals surface area contributed by atoms with Crippen molar-refractivity contribution < 1.29 is 9.90 Å². The third kappa shape index (κ3) is 6.00. The van der Waals surface area contributed by atoms with E-state index in [0.717, 1.165) is 34.2 Å². The molecule has 3 heteroatoms. The number of aromatic hydroxyl groups is 1. The van der Waals surface area contributed by atoms with Gasteiger partial charge in [-0.2, -0.15) is 0 Å². The lowest BCUT2D eigenvalue weighted by Gasteiger charge is -2.13. The Hall–Kier alpha value is -3.07. The van der Waals surface area contributed by atoms with Gasteiger partial charge in [-0.1, -0.05) is 51.6 Å². The molecule has 27 heavy (non-hydrogen) atoms. The zero-order valence-electron chi connectivity index (χ0n) is 16.6. The normalized spacial score (nSPS) is 11.0. The first-order valence-electron chi connectivity index (χ1n) is 9.20. The zero-order chi connectivity index (χ0) is 20.4. The molecule has 0 aliphatic carbocycles. The molecular weight excluding hydrogens is 334 g/mol. The average molecular weight is 364 g/mol. The molecule has 0 saturated carbocycles. The highest BCUT2D eigenvalue weighted by Gasteiger charge is 2.10. The quantitative estimate of drug-likeness (QED) is 0.495. The van der Waals surface area contributed by atoms with Crippen molar-refractivity contribution >= 4 is 23.1 Å². The van der Waals surface area contributed by atoms with Gasteiger partial charge in [0.2, 0.25) is 0 Å². The Morgan fingerprint density at radius 1 is 1.19 bits per heavy atom. The number of nitrogen functional groups attached to an aromatic ring is 1. The van der Waals surface area contributed by atoms with E-state index in [-0.39, 0.29) is 11.5 Å². The van der Waals surface area contributed by atoms with Crippen LogP contribution in [0.3, 0.4) is 0 Å². The summed E-state index contributed by atoms with van der Waals surface area (Å²) in [6, 6.07) is 11.1. The fraction of sp³-hybridized carbons (Fsp3) is 0.208. The molecule has 0 amide bonds. The summed E-state index contributed by atoms with van der Waals surface area (Å²) < 4.78 is 0. The molecule has 0 atom stereocenters. The van der Waals surface area contributed by atoms with Crippen LogP contribution in [0.25, 0.3) is 11.6 Å². The minimum Gasteiger partial charge on any atom is -0.508 e. The van der Waals surface area contributed by atoms with E-state index in [1.807, 2.05) is 45.0 Å². The number of carbonyl (C=O) groups excluding carboxylic acids is 1. The van der Waals surface area contributed by atoms with Crippen LogP contribution in [0, 0.1) is 6.92 Å². The van der Waals surface area contributed by atoms with Gasteiger partial charge in [0, 0.05) is 17.3 Å². The first-order valence-corrected chi connectivity index (χ1v) is 9.20. The summed E-state index contributed by atoms with van der Waals surface area (Å²) in [6.07, 6.45) is 7.55. The van der Waals surface area contributed by atoms with E-state index in [0.29, 0.717) is 5.69 Å². The third-order valence-corrected chi connectivity index (χ3v) is 3.95. The van der Waals surface area contributed by atoms with Crippen molar-refractivity contribution in [1.82, 2.24) is 0 Å². The first kappa shape index (κ1) is 22.0. The molecule has 0 radical (unpaired) electrons. The van der Waals surface area contributed by atoms with Crippen molar-refractivity contribution in [3.63, 3.8) is 0 Å². The molecule has 0 spiro atoms. The second-order valence-corrected chi connectivity index (χ2v) is 5.81. The molecule has 0 bridgehead atoms. The summed E-state index contributed by atoms with van der Waals surface area (Å²) >= 11 is 0. The van der Waals surface area contributed by atoms with Crippen molar-refractivity contribution in [3.8, 4) is 5.75 Å². The van der Waals surface area contributed by atoms with Crippen molar-refractivity contribution in [2.24, 2.45) is 0 Å². The number of nitrogens with two attached hydrogens (primary N) is 1. The van der Waals surface area contributed by atoms with Crippen LogP contribution < -0.4 is 5.73 Å². The van der Waals surface area contributed by atoms with Gasteiger partial charge in [-0.3, -0.25) is 4.79 Å². The van der Waals surface area contributed by atoms with E-state index < -0.39 is 0 Å². The Bertz CT molecular complexity index is 861. The van der Waals surface area contributed by atoms with Crippen LogP contribution in [0.4, 0.5) is 5.69 Å². The summed E-state index contributed by atoms with van der Waals surface area (Å²) in [5.41, 5.74) is 11.6. The molecule has 3 nitrogen and oxygen atoms in total. The number of hydrogen-bond acceptors (Lipinski definition) is 3. The molecule has 0 fully saturated rings. The minimum absolute atomic E-state index is 0.128. The number of anilines is 1. The van der Waals surface area contributed by atoms with E-state index in [4.69, 9.17) is 5.73 Å². The van der Waals surface area contributed by atoms with Gasteiger partial charge in [-0.25, -0.2) is 0 Å². The first-order chi connectivity index (χ1) is 13.0. The molecular formula is C24H29NO2. The Kier molecular flexibility index (Phi) is 8.80. The van der Waals surface area contributed by atoms with E-state index in [1.54, 1.807) is 18.2 Å². The van der Waals surface area contributed by atoms with Gasteiger partial charge >= 0.3 is 0 Å². The van der Waals surface area contributed by atoms with E-state index >= 15 is 0 Å². The number of benzene rings is 2. The predicted molar refractivity (Wildman–Crippen MR) is 117 cm³/mol. The van der Waals surface area contributed by atoms with Crippen LogP contribution in [-0.4, -0.2) is 10.9 Å². The van der Waals surface area contributed by atoms with Gasteiger partial charge in [0.1, 0.15) is 5.75 Å². The van der Waals surface area contributed by atoms with E-state index in [1.165, 1.54) is 12.2 Å². The van der Waals surface area contributed by atoms with Gasteiger partial charge < -0.3 is 10.8 Å². The molecule has 2 aromatic carbocycles. The Morgan fingerprint density at radius 2 is 1.89 bits per heavy atom. The maximum Gasteiger partial charge on any atom is 0.178 e. The highest BCUT2D eigenvalue weighted by atomic mass is 16.3. The lowest BCUT2D eigenvalue weighted by atomic mass is 9.92. The number of allylic oxidation sites excluding steroid dienone is 3. The average Bonchev–Trinajstić information content (AvgIpc) is 2.67. The van der Waals surface area contributed by atoms with Gasteiger partial charge in [0.15, 0.2) is 5.78 Å². The van der Waals surface area contributed by atoms with Crippen molar-refractivity contribution in [2.45, 2.75) is 34.1 Å². The maximum atomic E-state index is 11.5. The van der Waals surface area contributed by atoms with Crippen LogP contribution in [0.1, 0.15) is 49.4 Å². The Balaban J connectivity index is 0.00000176. The molecule has 0 unspecified atom stereocenters. The lowest BCUT2D eigenvalue weighted by Crippen LogP contribution is -1.96. The number of phenolic OH excluding ortho intramolecular Hbond substituents is 1. The van der Waals surface area contributed by atoms with Gasteiger partial charge in [0.25, 0.3) is 0 Å². The number of rotatable bonds is 6. The second-order valence-electron chi connectivity index (χ2n) is 5.81. The third-order valence-electron chi connectivity index (χ3n) is 3.95. The highest BCUT2D eigenvalue weighted by Crippen LogP contribution is 2.32. The standard InChI is InChI=1S/C22H23NO2.C2H6/c1-4-6-20(21-12-11-19(25)14-22(21)23)17-8-7-15(3)16(13-17)9-10-18(24)5-2;1-2/h5-14,25H,2,4,23H2,1,3H3;1-2H3/b10-9-,20-6?;. The summed E-state index contributed by atoms with van der Waals surface area (Å²) in [4.78, 5) is 11.5. The number of ketones is 1. The van der Waals surface area contributed by atoms with Crippen molar-refractivity contribution in [3.05, 3.63) is 83.5 Å². The molecule has 2 rings (SSSR count). The molecule has 0 heterocycles. The summed E-state index contributed by atoms with van der Waals surface area (Å²) in [6.45, 7) is 11.5. The van der Waals surface area contributed by atoms with Gasteiger partial charge in [0.05, 0.1) is 0 Å². The molecule has 3 N–H and O–H groups in total. The van der Waals surface area contributed by atoms with Crippen LogP contribution >= 0.6 is 0 Å². The van der Waals surface area contributed by atoms with Crippen molar-refractivity contribution in [1.29, 1.82) is 0 Å². The SMILES string of the molecule is C=CC(=O)/C=C\c1cc(C(=CCC)c2ccc(O)cc2N)ccc1C.CC. The van der Waals surface area contributed by atoms with E-state index in [9.17, 15) is 9.90 Å². The number of carbonyl (C=O) groups is 1. The minimum atomic E-state index is -0.128. The fourth-order valence-electron chi connectivity index (χ4n) is 2.61. The molecule has 0 aliphatic rings. The number of hydrogen-bond donors (Lipinski definition) is 2. The molecule has 2 aromatic rings. The van der Waals surface area contributed by atoms with Crippen LogP contribution in [0.5, 0.6) is 5.75 Å². The van der Waals surface area contributed by atoms with Gasteiger partial charge in [-0.05, 0) is 66.0 Å². The lowest BCUT2D eigenvalue weighted by molar-refractivity contribution is -0.110. The van der Waals surface area contributed by atoms with Crippen LogP contribution in [-0.2, 0) is 4.79 Å². The Morgan fingerprint density at radius 3 is 2.48 bits per heavy atom. The Labute approximate surface area is 162 Å². The van der Waals surface area contributed by atoms with E-state index in [2.05, 4.69) is 19.6 Å². The molecule has 0 saturated heterocycles. The number of phenols is 1. The molecule has 0 aromatic heterocycles. The largest absolute Gasteiger partial charge is 0.508 e. The molecule has 142 valence electrons. The summed E-state index contributed by atoms with van der Waals surface area (Å²) in [5, 5.41) is 9.60. The van der Waals surface area contributed by atoms with Crippen LogP contribution in [0.15, 0.2) is 61.2 Å². The smallest absolute Gasteiger partial charge is 0.178 e. The predicted octanol–water partition coefficient (Wildman–Crippen LogP) is 5.92. The number of aryl methyl sites for hydroxylation is 1. The second kappa shape index (κ2) is 10.8. The topological polar surface area (TPSA) is 63.3 Å². The van der Waals surface area contributed by atoms with Crippen molar-refractivity contribution in [2.75, 3.05) is 5.73 Å². The maximum absolute atomic E-state index is 11.5. The monoisotopic (exact) mass is 363 g/mol. The van der Waals surface area contributed by atoms with Crippen LogP contribution in [0.2, 0.25) is 0 Å². The summed E-state index contributed by atoms with van der Waals surface area (Å²) in [7, 11) is 0. The summed E-state index contributed by atoms with van der Waals surface area (Å²) in [5.74, 6) is 0.0180. The fourth-order valence-corrected chi connectivity index (χ4v) is 2.61. The molecule has 0 aliphatic heterocycles. The zero-order valence-corrected chi connectivity index (χ0v) is 16.6. The highest BCUT2D eigenvalue weighted by molar-refractivity contribution is 6.01. The van der Waals surface area contributed by atoms with Gasteiger partial charge in [-0.15, -0.1) is 0 Å².